The molecule has 1 aromatic carbocycles. The molecule has 1 saturated heterocycles. The second kappa shape index (κ2) is 8.32. The van der Waals surface area contributed by atoms with E-state index in [0.717, 1.165) is 38.1 Å². The van der Waals surface area contributed by atoms with Crippen LogP contribution in [0, 0.1) is 0 Å². The molecule has 2 N–H and O–H groups in total. The number of nitrogens with one attached hydrogen (secondary N) is 1. The lowest BCUT2D eigenvalue weighted by molar-refractivity contribution is -0.0204. The van der Waals surface area contributed by atoms with Gasteiger partial charge >= 0.3 is 0 Å². The summed E-state index contributed by atoms with van der Waals surface area (Å²) in [6, 6.07) is 11.2. The SMILES string of the molecule is CC(C)N1CCC(N[C@H]2CCC[C@@H](Oc3ccccc3)[C@@H]2O)CC1. The molecule has 0 unspecified atom stereocenters. The summed E-state index contributed by atoms with van der Waals surface area (Å²) < 4.78 is 6.04. The van der Waals surface area contributed by atoms with E-state index in [2.05, 4.69) is 24.1 Å². The largest absolute Gasteiger partial charge is 0.488 e. The molecule has 0 amide bonds. The van der Waals surface area contributed by atoms with Crippen LogP contribution in [0.15, 0.2) is 30.3 Å². The first kappa shape index (κ1) is 17.7. The van der Waals surface area contributed by atoms with Gasteiger partial charge in [-0.15, -0.1) is 0 Å². The van der Waals surface area contributed by atoms with Gasteiger partial charge in [0.15, 0.2) is 0 Å². The van der Waals surface area contributed by atoms with Crippen molar-refractivity contribution in [3.05, 3.63) is 30.3 Å². The molecule has 134 valence electrons. The lowest BCUT2D eigenvalue weighted by Crippen LogP contribution is -2.56. The summed E-state index contributed by atoms with van der Waals surface area (Å²) in [4.78, 5) is 2.54. The van der Waals surface area contributed by atoms with Crippen LogP contribution in [0.5, 0.6) is 5.75 Å². The molecule has 0 bridgehead atoms. The lowest BCUT2D eigenvalue weighted by Gasteiger charge is -2.40. The highest BCUT2D eigenvalue weighted by atomic mass is 16.5. The maximum absolute atomic E-state index is 10.8. The normalized spacial score (nSPS) is 29.8. The molecule has 3 rings (SSSR count). The summed E-state index contributed by atoms with van der Waals surface area (Å²) in [5, 5.41) is 14.5. The molecule has 1 aliphatic carbocycles. The van der Waals surface area contributed by atoms with E-state index < -0.39 is 6.10 Å². The molecular weight excluding hydrogens is 300 g/mol. The third-order valence-electron chi connectivity index (χ3n) is 5.54. The minimum atomic E-state index is -0.429. The predicted molar refractivity (Wildman–Crippen MR) is 97.4 cm³/mol. The van der Waals surface area contributed by atoms with Crippen molar-refractivity contribution in [2.45, 2.75) is 76.3 Å². The quantitative estimate of drug-likeness (QED) is 0.870. The Morgan fingerprint density at radius 3 is 2.46 bits per heavy atom. The number of benzene rings is 1. The van der Waals surface area contributed by atoms with E-state index >= 15 is 0 Å². The zero-order valence-electron chi connectivity index (χ0n) is 15.0. The third-order valence-corrected chi connectivity index (χ3v) is 5.54. The molecule has 24 heavy (non-hydrogen) atoms. The summed E-state index contributed by atoms with van der Waals surface area (Å²) in [5.41, 5.74) is 0. The Morgan fingerprint density at radius 2 is 1.79 bits per heavy atom. The number of ether oxygens (including phenoxy) is 1. The topological polar surface area (TPSA) is 44.7 Å². The van der Waals surface area contributed by atoms with Crippen LogP contribution in [0.4, 0.5) is 0 Å². The molecule has 2 fully saturated rings. The first-order valence-electron chi connectivity index (χ1n) is 9.53. The number of aliphatic hydroxyl groups is 1. The van der Waals surface area contributed by atoms with Crippen molar-refractivity contribution in [3.8, 4) is 5.75 Å². The van der Waals surface area contributed by atoms with Crippen molar-refractivity contribution < 1.29 is 9.84 Å². The number of rotatable bonds is 5. The zero-order chi connectivity index (χ0) is 16.9. The Kier molecular flexibility index (Phi) is 6.14. The standard InChI is InChI=1S/C20H32N2O2/c1-15(2)22-13-11-16(12-14-22)21-18-9-6-10-19(20(18)23)24-17-7-4-3-5-8-17/h3-5,7-8,15-16,18-21,23H,6,9-14H2,1-2H3/t18-,19+,20+/m0/s1. The van der Waals surface area contributed by atoms with Crippen LogP contribution < -0.4 is 10.1 Å². The summed E-state index contributed by atoms with van der Waals surface area (Å²) in [6.07, 6.45) is 4.89. The van der Waals surface area contributed by atoms with Crippen LogP contribution >= 0.6 is 0 Å². The van der Waals surface area contributed by atoms with Gasteiger partial charge in [-0.25, -0.2) is 0 Å². The number of hydrogen-bond acceptors (Lipinski definition) is 4. The molecule has 4 heteroatoms. The zero-order valence-corrected chi connectivity index (χ0v) is 15.0. The minimum absolute atomic E-state index is 0.102. The summed E-state index contributed by atoms with van der Waals surface area (Å²) >= 11 is 0. The van der Waals surface area contributed by atoms with Gasteiger partial charge in [0.2, 0.25) is 0 Å². The number of piperidine rings is 1. The van der Waals surface area contributed by atoms with Crippen LogP contribution in [0.2, 0.25) is 0 Å². The fourth-order valence-electron chi connectivity index (χ4n) is 4.01. The van der Waals surface area contributed by atoms with E-state index in [9.17, 15) is 5.11 Å². The lowest BCUT2D eigenvalue weighted by atomic mass is 9.88. The van der Waals surface area contributed by atoms with Crippen molar-refractivity contribution in [1.82, 2.24) is 10.2 Å². The van der Waals surface area contributed by atoms with Gasteiger partial charge in [0, 0.05) is 18.1 Å². The maximum Gasteiger partial charge on any atom is 0.126 e. The summed E-state index contributed by atoms with van der Waals surface area (Å²) in [5.74, 6) is 0.854. The first-order chi connectivity index (χ1) is 11.6. The van der Waals surface area contributed by atoms with E-state index in [4.69, 9.17) is 4.74 Å². The molecule has 1 aromatic rings. The number of nitrogens with zero attached hydrogens (tertiary/aromatic N) is 1. The Hall–Kier alpha value is -1.10. The first-order valence-corrected chi connectivity index (χ1v) is 9.53. The molecule has 2 aliphatic rings. The molecule has 4 nitrogen and oxygen atoms in total. The van der Waals surface area contributed by atoms with Crippen LogP contribution in [0.3, 0.4) is 0 Å². The van der Waals surface area contributed by atoms with E-state index in [0.29, 0.717) is 12.1 Å². The van der Waals surface area contributed by atoms with Gasteiger partial charge < -0.3 is 20.1 Å². The second-order valence-corrected chi connectivity index (χ2v) is 7.57. The number of para-hydroxylation sites is 1. The van der Waals surface area contributed by atoms with Crippen molar-refractivity contribution >= 4 is 0 Å². The average Bonchev–Trinajstić information content (AvgIpc) is 2.60. The van der Waals surface area contributed by atoms with Gasteiger partial charge in [0.1, 0.15) is 18.0 Å². The van der Waals surface area contributed by atoms with Gasteiger partial charge in [0.25, 0.3) is 0 Å². The highest BCUT2D eigenvalue weighted by Gasteiger charge is 2.35. The maximum atomic E-state index is 10.8. The highest BCUT2D eigenvalue weighted by molar-refractivity contribution is 5.21. The number of likely N-dealkylation sites (tertiary alicyclic amines) is 1. The fourth-order valence-corrected chi connectivity index (χ4v) is 4.01. The van der Waals surface area contributed by atoms with Crippen LogP contribution in [0.1, 0.15) is 46.0 Å². The minimum Gasteiger partial charge on any atom is -0.488 e. The van der Waals surface area contributed by atoms with Crippen molar-refractivity contribution in [2.24, 2.45) is 0 Å². The fraction of sp³-hybridized carbons (Fsp3) is 0.700. The smallest absolute Gasteiger partial charge is 0.126 e. The average molecular weight is 332 g/mol. The van der Waals surface area contributed by atoms with E-state index in [-0.39, 0.29) is 12.1 Å². The van der Waals surface area contributed by atoms with E-state index in [1.54, 1.807) is 0 Å². The monoisotopic (exact) mass is 332 g/mol. The predicted octanol–water partition coefficient (Wildman–Crippen LogP) is 2.81. The van der Waals surface area contributed by atoms with Crippen LogP contribution in [-0.4, -0.2) is 53.4 Å². The van der Waals surface area contributed by atoms with Crippen LogP contribution in [-0.2, 0) is 0 Å². The molecule has 1 saturated carbocycles. The molecular formula is C20H32N2O2. The highest BCUT2D eigenvalue weighted by Crippen LogP contribution is 2.25. The number of aliphatic hydroxyl groups excluding tert-OH is 1. The van der Waals surface area contributed by atoms with Gasteiger partial charge in [-0.05, 0) is 71.2 Å². The summed E-state index contributed by atoms with van der Waals surface area (Å²) in [7, 11) is 0. The molecule has 1 heterocycles. The van der Waals surface area contributed by atoms with Crippen molar-refractivity contribution in [3.63, 3.8) is 0 Å². The Bertz CT molecular complexity index is 486. The molecule has 1 aliphatic heterocycles. The van der Waals surface area contributed by atoms with Gasteiger partial charge in [-0.2, -0.15) is 0 Å². The number of hydrogen-bond donors (Lipinski definition) is 2. The molecule has 0 aromatic heterocycles. The third kappa shape index (κ3) is 4.50. The van der Waals surface area contributed by atoms with Gasteiger partial charge in [0.05, 0.1) is 0 Å². The van der Waals surface area contributed by atoms with Crippen molar-refractivity contribution in [2.75, 3.05) is 13.1 Å². The van der Waals surface area contributed by atoms with Gasteiger partial charge in [-0.1, -0.05) is 18.2 Å². The Labute approximate surface area is 146 Å². The molecule has 3 atom stereocenters. The Morgan fingerprint density at radius 1 is 1.08 bits per heavy atom. The van der Waals surface area contributed by atoms with Crippen LogP contribution in [0.25, 0.3) is 0 Å². The second-order valence-electron chi connectivity index (χ2n) is 7.57. The Balaban J connectivity index is 1.51. The van der Waals surface area contributed by atoms with Crippen molar-refractivity contribution in [1.29, 1.82) is 0 Å². The summed E-state index contributed by atoms with van der Waals surface area (Å²) in [6.45, 7) is 6.85. The molecule has 0 spiro atoms. The van der Waals surface area contributed by atoms with E-state index in [1.807, 2.05) is 30.3 Å². The molecule has 0 radical (unpaired) electrons. The van der Waals surface area contributed by atoms with E-state index in [1.165, 1.54) is 12.8 Å². The van der Waals surface area contributed by atoms with Gasteiger partial charge in [-0.3, -0.25) is 0 Å².